The number of carbonyl (C=O) groups excluding carboxylic acids is 1. The number of aryl methyl sites for hydroxylation is 1. The Hall–Kier alpha value is -1.88. The first kappa shape index (κ1) is 13.5. The molecule has 0 radical (unpaired) electrons. The zero-order chi connectivity index (χ0) is 14.0. The molecule has 0 aliphatic rings. The second-order valence-electron chi connectivity index (χ2n) is 4.09. The molecule has 0 aliphatic carbocycles. The summed E-state index contributed by atoms with van der Waals surface area (Å²) >= 11 is 3.06. The third-order valence-corrected chi connectivity index (χ3v) is 3.55. The van der Waals surface area contributed by atoms with Gasteiger partial charge in [-0.1, -0.05) is 18.2 Å². The average molecular weight is 323 g/mol. The average Bonchev–Trinajstić information content (AvgIpc) is 2.37. The van der Waals surface area contributed by atoms with E-state index >= 15 is 0 Å². The summed E-state index contributed by atoms with van der Waals surface area (Å²) in [6, 6.07) is 9.64. The van der Waals surface area contributed by atoms with Gasteiger partial charge in [-0.25, -0.2) is 4.39 Å². The number of nitrogens with one attached hydrogen (secondary N) is 1. The second kappa shape index (κ2) is 5.40. The minimum Gasteiger partial charge on any atom is -0.397 e. The van der Waals surface area contributed by atoms with Crippen LogP contribution >= 0.6 is 15.9 Å². The molecule has 2 aromatic carbocycles. The van der Waals surface area contributed by atoms with E-state index in [2.05, 4.69) is 21.2 Å². The molecule has 0 unspecified atom stereocenters. The van der Waals surface area contributed by atoms with Gasteiger partial charge in [0.05, 0.1) is 21.4 Å². The molecule has 2 rings (SSSR count). The first-order valence-electron chi connectivity index (χ1n) is 5.61. The SMILES string of the molecule is Cc1cccc(N)c1NC(=O)c1cccc(F)c1Br. The summed E-state index contributed by atoms with van der Waals surface area (Å²) in [7, 11) is 0. The van der Waals surface area contributed by atoms with Crippen molar-refractivity contribution in [2.45, 2.75) is 6.92 Å². The molecule has 0 fully saturated rings. The number of nitrogens with two attached hydrogens (primary N) is 1. The number of carbonyl (C=O) groups is 1. The van der Waals surface area contributed by atoms with Crippen LogP contribution in [0.5, 0.6) is 0 Å². The molecule has 98 valence electrons. The van der Waals surface area contributed by atoms with Gasteiger partial charge in [0, 0.05) is 0 Å². The van der Waals surface area contributed by atoms with E-state index in [-0.39, 0.29) is 10.0 Å². The lowest BCUT2D eigenvalue weighted by atomic mass is 10.1. The fourth-order valence-electron chi connectivity index (χ4n) is 1.72. The van der Waals surface area contributed by atoms with Gasteiger partial charge in [-0.15, -0.1) is 0 Å². The predicted molar refractivity (Wildman–Crippen MR) is 77.6 cm³/mol. The standard InChI is InChI=1S/C14H12BrFN2O/c1-8-4-2-7-11(17)13(8)18-14(19)9-5-3-6-10(16)12(9)15/h2-7H,17H2,1H3,(H,18,19). The number of hydrogen-bond acceptors (Lipinski definition) is 2. The topological polar surface area (TPSA) is 55.1 Å². The maximum atomic E-state index is 13.4. The summed E-state index contributed by atoms with van der Waals surface area (Å²) in [6.07, 6.45) is 0. The molecular weight excluding hydrogens is 311 g/mol. The van der Waals surface area contributed by atoms with Crippen LogP contribution in [0, 0.1) is 12.7 Å². The van der Waals surface area contributed by atoms with Crippen LogP contribution in [0.15, 0.2) is 40.9 Å². The fraction of sp³-hybridized carbons (Fsp3) is 0.0714. The van der Waals surface area contributed by atoms with E-state index in [1.807, 2.05) is 13.0 Å². The summed E-state index contributed by atoms with van der Waals surface area (Å²) in [5, 5.41) is 2.70. The third-order valence-electron chi connectivity index (χ3n) is 2.74. The van der Waals surface area contributed by atoms with Crippen LogP contribution < -0.4 is 11.1 Å². The summed E-state index contributed by atoms with van der Waals surface area (Å²) in [4.78, 5) is 12.1. The zero-order valence-electron chi connectivity index (χ0n) is 10.2. The van der Waals surface area contributed by atoms with Crippen LogP contribution in [-0.4, -0.2) is 5.91 Å². The lowest BCUT2D eigenvalue weighted by molar-refractivity contribution is 0.102. The van der Waals surface area contributed by atoms with Crippen molar-refractivity contribution < 1.29 is 9.18 Å². The van der Waals surface area contributed by atoms with E-state index in [4.69, 9.17) is 5.73 Å². The highest BCUT2D eigenvalue weighted by atomic mass is 79.9. The summed E-state index contributed by atoms with van der Waals surface area (Å²) in [5.74, 6) is -0.891. The Bertz CT molecular complexity index is 623. The molecule has 0 aromatic heterocycles. The van der Waals surface area contributed by atoms with Crippen LogP contribution in [0.3, 0.4) is 0 Å². The highest BCUT2D eigenvalue weighted by Gasteiger charge is 2.15. The first-order valence-corrected chi connectivity index (χ1v) is 6.40. The molecular formula is C14H12BrFN2O. The van der Waals surface area contributed by atoms with E-state index < -0.39 is 11.7 Å². The molecule has 0 heterocycles. The molecule has 3 N–H and O–H groups in total. The molecule has 0 aliphatic heterocycles. The van der Waals surface area contributed by atoms with Crippen LogP contribution in [-0.2, 0) is 0 Å². The van der Waals surface area contributed by atoms with Crippen molar-refractivity contribution in [3.63, 3.8) is 0 Å². The fourth-order valence-corrected chi connectivity index (χ4v) is 2.17. The molecule has 5 heteroatoms. The Morgan fingerprint density at radius 2 is 1.95 bits per heavy atom. The van der Waals surface area contributed by atoms with Crippen LogP contribution in [0.2, 0.25) is 0 Å². The number of anilines is 2. The monoisotopic (exact) mass is 322 g/mol. The van der Waals surface area contributed by atoms with Crippen molar-refractivity contribution >= 4 is 33.2 Å². The molecule has 0 saturated carbocycles. The van der Waals surface area contributed by atoms with Crippen molar-refractivity contribution in [1.82, 2.24) is 0 Å². The van der Waals surface area contributed by atoms with Gasteiger partial charge in [0.1, 0.15) is 5.82 Å². The third kappa shape index (κ3) is 2.76. The maximum absolute atomic E-state index is 13.4. The van der Waals surface area contributed by atoms with Gasteiger partial charge in [-0.3, -0.25) is 4.79 Å². The van der Waals surface area contributed by atoms with Crippen molar-refractivity contribution in [2.75, 3.05) is 11.1 Å². The first-order chi connectivity index (χ1) is 9.00. The zero-order valence-corrected chi connectivity index (χ0v) is 11.8. The lowest BCUT2D eigenvalue weighted by Crippen LogP contribution is -2.15. The van der Waals surface area contributed by atoms with Crippen LogP contribution in [0.25, 0.3) is 0 Å². The smallest absolute Gasteiger partial charge is 0.256 e. The Morgan fingerprint density at radius 3 is 2.63 bits per heavy atom. The van der Waals surface area contributed by atoms with E-state index in [1.54, 1.807) is 12.1 Å². The van der Waals surface area contributed by atoms with Crippen LogP contribution in [0.4, 0.5) is 15.8 Å². The van der Waals surface area contributed by atoms with Gasteiger partial charge in [0.2, 0.25) is 0 Å². The van der Waals surface area contributed by atoms with Crippen molar-refractivity contribution in [3.8, 4) is 0 Å². The molecule has 0 atom stereocenters. The van der Waals surface area contributed by atoms with E-state index in [0.717, 1.165) is 5.56 Å². The maximum Gasteiger partial charge on any atom is 0.256 e. The molecule has 2 aromatic rings. The van der Waals surface area contributed by atoms with Crippen molar-refractivity contribution in [1.29, 1.82) is 0 Å². The number of hydrogen-bond donors (Lipinski definition) is 2. The van der Waals surface area contributed by atoms with E-state index in [1.165, 1.54) is 18.2 Å². The number of nitrogen functional groups attached to an aromatic ring is 1. The van der Waals surface area contributed by atoms with Gasteiger partial charge >= 0.3 is 0 Å². The Labute approximate surface area is 118 Å². The van der Waals surface area contributed by atoms with Gasteiger partial charge in [-0.05, 0) is 46.6 Å². The predicted octanol–water partition coefficient (Wildman–Crippen LogP) is 3.73. The number of halogens is 2. The Kier molecular flexibility index (Phi) is 3.85. The van der Waals surface area contributed by atoms with E-state index in [0.29, 0.717) is 11.4 Å². The minimum absolute atomic E-state index is 0.139. The second-order valence-corrected chi connectivity index (χ2v) is 4.89. The van der Waals surface area contributed by atoms with Crippen molar-refractivity contribution in [3.05, 3.63) is 57.8 Å². The number of benzene rings is 2. The van der Waals surface area contributed by atoms with Gasteiger partial charge < -0.3 is 11.1 Å². The highest BCUT2D eigenvalue weighted by Crippen LogP contribution is 2.25. The highest BCUT2D eigenvalue weighted by molar-refractivity contribution is 9.10. The van der Waals surface area contributed by atoms with Gasteiger partial charge in [0.25, 0.3) is 5.91 Å². The number of para-hydroxylation sites is 1. The molecule has 1 amide bonds. The Balaban J connectivity index is 2.34. The minimum atomic E-state index is -0.481. The normalized spacial score (nSPS) is 10.3. The van der Waals surface area contributed by atoms with Gasteiger partial charge in [-0.2, -0.15) is 0 Å². The molecule has 19 heavy (non-hydrogen) atoms. The summed E-state index contributed by atoms with van der Waals surface area (Å²) < 4.78 is 13.5. The van der Waals surface area contributed by atoms with E-state index in [9.17, 15) is 9.18 Å². The summed E-state index contributed by atoms with van der Waals surface area (Å²) in [6.45, 7) is 1.84. The molecule has 0 bridgehead atoms. The number of amides is 1. The quantitative estimate of drug-likeness (QED) is 0.828. The molecule has 3 nitrogen and oxygen atoms in total. The largest absolute Gasteiger partial charge is 0.397 e. The molecule has 0 spiro atoms. The van der Waals surface area contributed by atoms with Crippen LogP contribution in [0.1, 0.15) is 15.9 Å². The Morgan fingerprint density at radius 1 is 1.26 bits per heavy atom. The molecule has 0 saturated heterocycles. The van der Waals surface area contributed by atoms with Gasteiger partial charge in [0.15, 0.2) is 0 Å². The number of rotatable bonds is 2. The summed E-state index contributed by atoms with van der Waals surface area (Å²) in [5.41, 5.74) is 7.91. The van der Waals surface area contributed by atoms with Crippen molar-refractivity contribution in [2.24, 2.45) is 0 Å². The lowest BCUT2D eigenvalue weighted by Gasteiger charge is -2.12.